The minimum Gasteiger partial charge on any atom is -0.384 e. The Kier molecular flexibility index (Phi) is 3.96. The van der Waals surface area contributed by atoms with Gasteiger partial charge in [0.1, 0.15) is 10.6 Å². The molecule has 1 saturated carbocycles. The van der Waals surface area contributed by atoms with E-state index in [1.54, 1.807) is 0 Å². The van der Waals surface area contributed by atoms with Gasteiger partial charge in [-0.3, -0.25) is 0 Å². The molecule has 5 heteroatoms. The first-order chi connectivity index (χ1) is 13.4. The lowest BCUT2D eigenvalue weighted by atomic mass is 9.77. The topological polar surface area (TPSA) is 46.2 Å². The van der Waals surface area contributed by atoms with E-state index in [0.717, 1.165) is 48.1 Å². The first-order valence-corrected chi connectivity index (χ1v) is 11.5. The zero-order chi connectivity index (χ0) is 19.5. The van der Waals surface area contributed by atoms with Crippen LogP contribution in [0.1, 0.15) is 48.8 Å². The summed E-state index contributed by atoms with van der Waals surface area (Å²) >= 11 is 0. The van der Waals surface area contributed by atoms with Gasteiger partial charge in [0.25, 0.3) is 0 Å². The average molecular weight is 398 g/mol. The molecule has 2 fully saturated rings. The standard InChI is InChI=1S/C23H24FNO2S/c1-15-5-11-20-17(13-15)6-12-22-23(20,14-21(25-22)16-3-2-4-16)28(26,27)19-9-7-18(24)8-10-19/h5,7-11,13,22,25H,2-4,6,12,14H2,1H3. The molecule has 2 atom stereocenters. The smallest absolute Gasteiger partial charge is 0.190 e. The third-order valence-electron chi connectivity index (χ3n) is 6.76. The van der Waals surface area contributed by atoms with Gasteiger partial charge in [-0.2, -0.15) is 0 Å². The molecule has 0 spiro atoms. The molecule has 0 aromatic heterocycles. The van der Waals surface area contributed by atoms with Crippen LogP contribution in [0, 0.1) is 12.7 Å². The van der Waals surface area contributed by atoms with E-state index in [9.17, 15) is 12.8 Å². The van der Waals surface area contributed by atoms with Gasteiger partial charge < -0.3 is 5.32 Å². The number of hydrogen-bond donors (Lipinski definition) is 1. The number of sulfone groups is 1. The van der Waals surface area contributed by atoms with Crippen molar-refractivity contribution in [3.05, 3.63) is 76.2 Å². The van der Waals surface area contributed by atoms with Crippen LogP contribution >= 0.6 is 0 Å². The van der Waals surface area contributed by atoms with Crippen molar-refractivity contribution in [3.8, 4) is 0 Å². The van der Waals surface area contributed by atoms with Gasteiger partial charge in [-0.15, -0.1) is 0 Å². The van der Waals surface area contributed by atoms with E-state index in [2.05, 4.69) is 11.4 Å². The van der Waals surface area contributed by atoms with E-state index in [1.807, 2.05) is 19.1 Å². The van der Waals surface area contributed by atoms with Gasteiger partial charge in [-0.1, -0.05) is 29.3 Å². The number of fused-ring (bicyclic) bond motifs is 3. The summed E-state index contributed by atoms with van der Waals surface area (Å²) in [5.41, 5.74) is 5.69. The second kappa shape index (κ2) is 6.18. The summed E-state index contributed by atoms with van der Waals surface area (Å²) in [5.74, 6) is -0.422. The van der Waals surface area contributed by atoms with Crippen molar-refractivity contribution in [3.63, 3.8) is 0 Å². The fourth-order valence-corrected chi connectivity index (χ4v) is 7.42. The minimum absolute atomic E-state index is 0.152. The maximum atomic E-state index is 14.0. The molecule has 3 nitrogen and oxygen atoms in total. The Labute approximate surface area is 165 Å². The zero-order valence-corrected chi connectivity index (χ0v) is 16.8. The second-order valence-electron chi connectivity index (χ2n) is 8.36. The molecule has 1 saturated heterocycles. The first kappa shape index (κ1) is 17.9. The third kappa shape index (κ3) is 2.41. The van der Waals surface area contributed by atoms with Crippen molar-refractivity contribution in [1.82, 2.24) is 5.32 Å². The number of aryl methyl sites for hydroxylation is 2. The fourth-order valence-electron chi connectivity index (χ4n) is 5.13. The maximum absolute atomic E-state index is 14.0. The number of rotatable bonds is 2. The van der Waals surface area contributed by atoms with Crippen molar-refractivity contribution in [2.45, 2.75) is 61.1 Å². The summed E-state index contributed by atoms with van der Waals surface area (Å²) in [4.78, 5) is 0.203. The van der Waals surface area contributed by atoms with Crippen LogP contribution in [0.4, 0.5) is 4.39 Å². The molecular formula is C23H24FNO2S. The van der Waals surface area contributed by atoms with Crippen molar-refractivity contribution in [1.29, 1.82) is 0 Å². The van der Waals surface area contributed by atoms with Crippen molar-refractivity contribution >= 4 is 9.84 Å². The molecule has 0 amide bonds. The number of benzene rings is 2. The Morgan fingerprint density at radius 3 is 2.50 bits per heavy atom. The molecule has 2 unspecified atom stereocenters. The highest BCUT2D eigenvalue weighted by molar-refractivity contribution is 7.92. The average Bonchev–Trinajstić information content (AvgIpc) is 3.01. The molecule has 2 aromatic rings. The Morgan fingerprint density at radius 2 is 1.82 bits per heavy atom. The summed E-state index contributed by atoms with van der Waals surface area (Å²) in [7, 11) is -3.72. The van der Waals surface area contributed by atoms with E-state index in [-0.39, 0.29) is 10.9 Å². The summed E-state index contributed by atoms with van der Waals surface area (Å²) in [5, 5.41) is 3.60. The summed E-state index contributed by atoms with van der Waals surface area (Å²) < 4.78 is 40.5. The quantitative estimate of drug-likeness (QED) is 0.757. The minimum atomic E-state index is -3.72. The van der Waals surface area contributed by atoms with E-state index < -0.39 is 20.4 Å². The summed E-state index contributed by atoms with van der Waals surface area (Å²) in [6, 6.07) is 11.3. The molecule has 146 valence electrons. The van der Waals surface area contributed by atoms with Gasteiger partial charge in [-0.05, 0) is 74.4 Å². The molecule has 0 bridgehead atoms. The van der Waals surface area contributed by atoms with Crippen LogP contribution in [0.25, 0.3) is 0 Å². The molecule has 28 heavy (non-hydrogen) atoms. The molecule has 5 rings (SSSR count). The Balaban J connectivity index is 1.75. The van der Waals surface area contributed by atoms with Gasteiger partial charge >= 0.3 is 0 Å². The van der Waals surface area contributed by atoms with E-state index in [4.69, 9.17) is 0 Å². The number of halogens is 1. The molecule has 2 aromatic carbocycles. The highest BCUT2D eigenvalue weighted by Crippen LogP contribution is 2.53. The lowest BCUT2D eigenvalue weighted by Gasteiger charge is -2.40. The third-order valence-corrected chi connectivity index (χ3v) is 9.26. The predicted molar refractivity (Wildman–Crippen MR) is 107 cm³/mol. The lowest BCUT2D eigenvalue weighted by molar-refractivity contribution is 0.416. The van der Waals surface area contributed by atoms with Crippen molar-refractivity contribution in [2.24, 2.45) is 0 Å². The van der Waals surface area contributed by atoms with Crippen LogP contribution < -0.4 is 5.32 Å². The Morgan fingerprint density at radius 1 is 1.07 bits per heavy atom. The number of nitrogens with one attached hydrogen (secondary N) is 1. The van der Waals surface area contributed by atoms with Gasteiger partial charge in [0, 0.05) is 12.1 Å². The van der Waals surface area contributed by atoms with Crippen LogP contribution in [-0.2, 0) is 21.0 Å². The predicted octanol–water partition coefficient (Wildman–Crippen LogP) is 4.55. The fraction of sp³-hybridized carbons (Fsp3) is 0.391. The van der Waals surface area contributed by atoms with Gasteiger partial charge in [0.05, 0.1) is 10.9 Å². The van der Waals surface area contributed by atoms with E-state index in [1.165, 1.54) is 36.3 Å². The maximum Gasteiger partial charge on any atom is 0.190 e. The largest absolute Gasteiger partial charge is 0.384 e. The molecule has 1 N–H and O–H groups in total. The Hall–Kier alpha value is -2.14. The number of allylic oxidation sites excluding steroid dienone is 2. The van der Waals surface area contributed by atoms with Gasteiger partial charge in [0.15, 0.2) is 9.84 Å². The normalized spacial score (nSPS) is 26.3. The summed E-state index contributed by atoms with van der Waals surface area (Å²) in [6.45, 7) is 2.04. The van der Waals surface area contributed by atoms with Crippen LogP contribution in [-0.4, -0.2) is 14.5 Å². The molecule has 3 aliphatic rings. The zero-order valence-electron chi connectivity index (χ0n) is 16.0. The SMILES string of the molecule is Cc1ccc2c(c1)CCC1NC(=C3CCC3)CC21S(=O)(=O)c1ccc(F)cc1. The highest BCUT2D eigenvalue weighted by Gasteiger charge is 2.59. The van der Waals surface area contributed by atoms with E-state index in [0.29, 0.717) is 6.42 Å². The second-order valence-corrected chi connectivity index (χ2v) is 10.6. The van der Waals surface area contributed by atoms with Crippen LogP contribution in [0.5, 0.6) is 0 Å². The lowest BCUT2D eigenvalue weighted by Crippen LogP contribution is -2.49. The monoisotopic (exact) mass is 397 g/mol. The van der Waals surface area contributed by atoms with Crippen LogP contribution in [0.15, 0.2) is 58.6 Å². The molecule has 2 aliphatic carbocycles. The molecule has 0 radical (unpaired) electrons. The Bertz CT molecular complexity index is 1080. The highest BCUT2D eigenvalue weighted by atomic mass is 32.2. The summed E-state index contributed by atoms with van der Waals surface area (Å²) in [6.07, 6.45) is 5.44. The molecule has 1 heterocycles. The van der Waals surface area contributed by atoms with Crippen LogP contribution in [0.2, 0.25) is 0 Å². The number of hydrogen-bond acceptors (Lipinski definition) is 3. The molecule has 1 aliphatic heterocycles. The van der Waals surface area contributed by atoms with Crippen LogP contribution in [0.3, 0.4) is 0 Å². The first-order valence-electron chi connectivity index (χ1n) is 9.99. The van der Waals surface area contributed by atoms with E-state index >= 15 is 0 Å². The van der Waals surface area contributed by atoms with Crippen molar-refractivity contribution < 1.29 is 12.8 Å². The van der Waals surface area contributed by atoms with Gasteiger partial charge in [-0.25, -0.2) is 12.8 Å². The van der Waals surface area contributed by atoms with Gasteiger partial charge in [0.2, 0.25) is 0 Å². The molecular weight excluding hydrogens is 373 g/mol. The van der Waals surface area contributed by atoms with Crippen molar-refractivity contribution in [2.75, 3.05) is 0 Å².